The molecular formula is C26H37FN4O3. The van der Waals surface area contributed by atoms with E-state index in [4.69, 9.17) is 0 Å². The molecule has 0 saturated carbocycles. The van der Waals surface area contributed by atoms with Crippen molar-refractivity contribution >= 4 is 5.91 Å². The third kappa shape index (κ3) is 6.67. The molecule has 1 aliphatic heterocycles. The number of rotatable bonds is 3. The Kier molecular flexibility index (Phi) is 10.9. The van der Waals surface area contributed by atoms with Crippen molar-refractivity contribution in [2.24, 2.45) is 0 Å². The summed E-state index contributed by atoms with van der Waals surface area (Å²) in [4.78, 5) is 31.6. The van der Waals surface area contributed by atoms with Crippen molar-refractivity contribution < 1.29 is 14.3 Å². The van der Waals surface area contributed by atoms with E-state index in [1.807, 2.05) is 53.5 Å². The normalized spacial score (nSPS) is 16.3. The summed E-state index contributed by atoms with van der Waals surface area (Å²) in [6.45, 7) is 14.4. The second-order valence-electron chi connectivity index (χ2n) is 8.16. The number of nitrogens with zero attached hydrogens (tertiary/aromatic N) is 3. The smallest absolute Gasteiger partial charge is 0.296 e. The molecule has 1 aliphatic carbocycles. The highest BCUT2D eigenvalue weighted by atomic mass is 19.1. The van der Waals surface area contributed by atoms with Gasteiger partial charge in [0.2, 0.25) is 5.75 Å². The molecule has 2 aliphatic rings. The van der Waals surface area contributed by atoms with Crippen LogP contribution in [0.5, 0.6) is 5.75 Å². The van der Waals surface area contributed by atoms with Crippen molar-refractivity contribution in [2.45, 2.75) is 67.0 Å². The van der Waals surface area contributed by atoms with Crippen LogP contribution in [0.3, 0.4) is 0 Å². The van der Waals surface area contributed by atoms with Gasteiger partial charge >= 0.3 is 0 Å². The van der Waals surface area contributed by atoms with Gasteiger partial charge in [-0.3, -0.25) is 19.1 Å². The molecule has 8 heteroatoms. The fraction of sp³-hybridized carbons (Fsp3) is 0.500. The zero-order valence-corrected chi connectivity index (χ0v) is 21.5. The number of aromatic hydroxyl groups is 1. The van der Waals surface area contributed by atoms with Crippen molar-refractivity contribution in [2.75, 3.05) is 20.1 Å². The van der Waals surface area contributed by atoms with Crippen LogP contribution < -0.4 is 10.9 Å². The summed E-state index contributed by atoms with van der Waals surface area (Å²) >= 11 is 0. The summed E-state index contributed by atoms with van der Waals surface area (Å²) in [7, 11) is 1.92. The molecule has 0 saturated heterocycles. The molecule has 0 fully saturated rings. The third-order valence-electron chi connectivity index (χ3n) is 5.72. The van der Waals surface area contributed by atoms with Crippen LogP contribution in [0, 0.1) is 11.8 Å². The van der Waals surface area contributed by atoms with Crippen molar-refractivity contribution in [3.05, 3.63) is 57.1 Å². The summed E-state index contributed by atoms with van der Waals surface area (Å²) in [5.41, 5.74) is -0.0264. The average molecular weight is 473 g/mol. The van der Waals surface area contributed by atoms with Crippen LogP contribution in [0.25, 0.3) is 0 Å². The fourth-order valence-corrected chi connectivity index (χ4v) is 3.37. The molecule has 7 nitrogen and oxygen atoms in total. The van der Waals surface area contributed by atoms with E-state index in [1.165, 1.54) is 10.6 Å². The zero-order valence-electron chi connectivity index (χ0n) is 21.5. The molecule has 0 spiro atoms. The highest BCUT2D eigenvalue weighted by Gasteiger charge is 2.36. The first-order chi connectivity index (χ1) is 16.0. The summed E-state index contributed by atoms with van der Waals surface area (Å²) in [5.74, 6) is 4.24. The predicted molar refractivity (Wildman–Crippen MR) is 134 cm³/mol. The molecule has 186 valence electrons. The maximum atomic E-state index is 13.5. The fourth-order valence-electron chi connectivity index (χ4n) is 3.37. The quantitative estimate of drug-likeness (QED) is 0.648. The lowest BCUT2D eigenvalue weighted by Crippen LogP contribution is -2.51. The van der Waals surface area contributed by atoms with Gasteiger partial charge in [-0.15, -0.1) is 11.8 Å². The van der Waals surface area contributed by atoms with Gasteiger partial charge in [-0.25, -0.2) is 9.37 Å². The summed E-state index contributed by atoms with van der Waals surface area (Å²) < 4.78 is 14.9. The number of amides is 1. The van der Waals surface area contributed by atoms with Crippen molar-refractivity contribution in [1.82, 2.24) is 19.8 Å². The van der Waals surface area contributed by atoms with E-state index in [0.29, 0.717) is 24.5 Å². The minimum Gasteiger partial charge on any atom is -0.501 e. The van der Waals surface area contributed by atoms with Crippen LogP contribution in [-0.4, -0.2) is 45.6 Å². The Hall–Kier alpha value is -3.18. The number of halogens is 1. The van der Waals surface area contributed by atoms with Crippen molar-refractivity contribution in [1.29, 1.82) is 0 Å². The lowest BCUT2D eigenvalue weighted by atomic mass is 9.99. The van der Waals surface area contributed by atoms with E-state index in [1.54, 1.807) is 19.1 Å². The second-order valence-corrected chi connectivity index (χ2v) is 8.16. The number of hydrogen-bond donors (Lipinski definition) is 2. The summed E-state index contributed by atoms with van der Waals surface area (Å²) in [6.07, 6.45) is 5.08. The zero-order chi connectivity index (χ0) is 26.1. The van der Waals surface area contributed by atoms with E-state index >= 15 is 0 Å². The molecule has 34 heavy (non-hydrogen) atoms. The number of carbonyl (C=O) groups is 1. The third-order valence-corrected chi connectivity index (χ3v) is 5.72. The highest BCUT2D eigenvalue weighted by molar-refractivity contribution is 5.94. The number of aromatic nitrogens is 2. The van der Waals surface area contributed by atoms with Gasteiger partial charge in [0.05, 0.1) is 5.54 Å². The van der Waals surface area contributed by atoms with Crippen LogP contribution in [0.15, 0.2) is 40.0 Å². The molecule has 2 N–H and O–H groups in total. The number of likely N-dealkylation sites (N-methyl/N-ethyl adjacent to an activating group) is 1. The first-order valence-electron chi connectivity index (χ1n) is 11.4. The summed E-state index contributed by atoms with van der Waals surface area (Å²) in [6, 6.07) is 0. The summed E-state index contributed by atoms with van der Waals surface area (Å²) in [5, 5.41) is 12.9. The number of hydrogen-bond acceptors (Lipinski definition) is 5. The first kappa shape index (κ1) is 28.9. The van der Waals surface area contributed by atoms with E-state index in [2.05, 4.69) is 22.1 Å². The minimum absolute atomic E-state index is 0.133. The number of nitrogens with one attached hydrogen (secondary N) is 1. The number of fused-ring (bicyclic) bond motifs is 1. The molecule has 1 aromatic rings. The molecule has 0 atom stereocenters. The maximum absolute atomic E-state index is 13.5. The van der Waals surface area contributed by atoms with Gasteiger partial charge in [0.25, 0.3) is 11.5 Å². The van der Waals surface area contributed by atoms with Gasteiger partial charge in [-0.1, -0.05) is 26.0 Å². The van der Waals surface area contributed by atoms with Crippen LogP contribution >= 0.6 is 0 Å². The lowest BCUT2D eigenvalue weighted by molar-refractivity contribution is 0.0925. The van der Waals surface area contributed by atoms with Gasteiger partial charge in [0.15, 0.2) is 5.69 Å². The standard InChI is InChI=1S/C20H25FN4O3.C4H6.C2H6/c1-12-10-14(21)7-5-6-13(12)11-22-17(27)15-16(26)18(28)25-9-8-24(4)20(2,3)19(25)23-15;1-3-4-2;1-2/h5-6,10,26H,7-9,11H2,1-4H3,(H,22,27);1-2H3;1-2H3. The Labute approximate surface area is 202 Å². The Balaban J connectivity index is 0.000000872. The molecule has 1 amide bonds. The van der Waals surface area contributed by atoms with Crippen LogP contribution in [0.4, 0.5) is 4.39 Å². The monoisotopic (exact) mass is 472 g/mol. The van der Waals surface area contributed by atoms with E-state index in [-0.39, 0.29) is 24.5 Å². The Morgan fingerprint density at radius 1 is 1.26 bits per heavy atom. The molecular weight excluding hydrogens is 435 g/mol. The Morgan fingerprint density at radius 3 is 2.47 bits per heavy atom. The second kappa shape index (κ2) is 12.9. The molecule has 1 aromatic heterocycles. The predicted octanol–water partition coefficient (Wildman–Crippen LogP) is 4.04. The number of allylic oxidation sites excluding steroid dienone is 4. The van der Waals surface area contributed by atoms with Gasteiger partial charge in [-0.2, -0.15) is 0 Å². The first-order valence-corrected chi connectivity index (χ1v) is 11.4. The van der Waals surface area contributed by atoms with Gasteiger partial charge in [0.1, 0.15) is 11.7 Å². The topological polar surface area (TPSA) is 87.5 Å². The van der Waals surface area contributed by atoms with Crippen molar-refractivity contribution in [3.8, 4) is 17.6 Å². The molecule has 0 unspecified atom stereocenters. The van der Waals surface area contributed by atoms with Gasteiger partial charge in [0, 0.05) is 26.1 Å². The van der Waals surface area contributed by atoms with E-state index in [9.17, 15) is 19.1 Å². The minimum atomic E-state index is -0.658. The lowest BCUT2D eigenvalue weighted by Gasteiger charge is -2.40. The SMILES string of the molecule is CC.CC#CC.CC1=C(CNC(=O)c2nc3n(c(=O)c2O)CCN(C)C3(C)C)C=CCC(F)=C1. The Morgan fingerprint density at radius 2 is 1.88 bits per heavy atom. The van der Waals surface area contributed by atoms with Crippen LogP contribution in [-0.2, 0) is 12.1 Å². The molecule has 0 radical (unpaired) electrons. The highest BCUT2D eigenvalue weighted by Crippen LogP contribution is 2.29. The number of carbonyl (C=O) groups excluding carboxylic acids is 1. The maximum Gasteiger partial charge on any atom is 0.296 e. The van der Waals surface area contributed by atoms with Crippen molar-refractivity contribution in [3.63, 3.8) is 0 Å². The van der Waals surface area contributed by atoms with Gasteiger partial charge in [-0.05, 0) is 58.9 Å². The van der Waals surface area contributed by atoms with E-state index in [0.717, 1.165) is 5.57 Å². The molecule has 0 aromatic carbocycles. The van der Waals surface area contributed by atoms with Crippen LogP contribution in [0.1, 0.15) is 71.2 Å². The molecule has 2 heterocycles. The molecule has 0 bridgehead atoms. The Bertz CT molecular complexity index is 1100. The van der Waals surface area contributed by atoms with E-state index < -0.39 is 22.8 Å². The largest absolute Gasteiger partial charge is 0.501 e. The molecule has 3 rings (SSSR count). The van der Waals surface area contributed by atoms with Crippen LogP contribution in [0.2, 0.25) is 0 Å². The van der Waals surface area contributed by atoms with Gasteiger partial charge < -0.3 is 10.4 Å². The average Bonchev–Trinajstić information content (AvgIpc) is 2.97.